The molecule has 0 saturated carbocycles. The molecule has 0 aromatic heterocycles. The molecular formula is C20H24N2O3. The second kappa shape index (κ2) is 8.87. The Morgan fingerprint density at radius 2 is 1.76 bits per heavy atom. The molecule has 5 nitrogen and oxygen atoms in total. The van der Waals surface area contributed by atoms with Gasteiger partial charge in [-0.15, -0.1) is 0 Å². The Balaban J connectivity index is 1.80. The van der Waals surface area contributed by atoms with E-state index in [1.807, 2.05) is 32.0 Å². The summed E-state index contributed by atoms with van der Waals surface area (Å²) in [6, 6.07) is 12.9. The van der Waals surface area contributed by atoms with Gasteiger partial charge in [-0.2, -0.15) is 0 Å². The van der Waals surface area contributed by atoms with Gasteiger partial charge in [0.2, 0.25) is 5.91 Å². The number of carbonyl (C=O) groups is 2. The fraction of sp³-hybridized carbons (Fsp3) is 0.300. The average molecular weight is 340 g/mol. The third kappa shape index (κ3) is 5.64. The SMILES string of the molecule is CCOC(=O)c1ccc(NCCC(=O)Nc2ccc(C)cc2C)cc1. The molecule has 0 aliphatic heterocycles. The molecule has 1 amide bonds. The molecule has 2 N–H and O–H groups in total. The maximum Gasteiger partial charge on any atom is 0.338 e. The lowest BCUT2D eigenvalue weighted by Gasteiger charge is -2.10. The smallest absolute Gasteiger partial charge is 0.338 e. The first-order valence-electron chi connectivity index (χ1n) is 8.37. The normalized spacial score (nSPS) is 10.2. The summed E-state index contributed by atoms with van der Waals surface area (Å²) >= 11 is 0. The maximum absolute atomic E-state index is 12.0. The quantitative estimate of drug-likeness (QED) is 0.750. The number of nitrogens with one attached hydrogen (secondary N) is 2. The summed E-state index contributed by atoms with van der Waals surface area (Å²) in [6.45, 7) is 6.64. The Bertz CT molecular complexity index is 739. The molecule has 5 heteroatoms. The summed E-state index contributed by atoms with van der Waals surface area (Å²) in [4.78, 5) is 23.6. The van der Waals surface area contributed by atoms with Gasteiger partial charge >= 0.3 is 5.97 Å². The lowest BCUT2D eigenvalue weighted by Crippen LogP contribution is -2.16. The van der Waals surface area contributed by atoms with E-state index in [0.29, 0.717) is 25.1 Å². The monoisotopic (exact) mass is 340 g/mol. The van der Waals surface area contributed by atoms with Crippen molar-refractivity contribution in [3.63, 3.8) is 0 Å². The number of anilines is 2. The molecule has 25 heavy (non-hydrogen) atoms. The van der Waals surface area contributed by atoms with Crippen LogP contribution in [0.15, 0.2) is 42.5 Å². The molecule has 0 fully saturated rings. The highest BCUT2D eigenvalue weighted by Gasteiger charge is 2.07. The van der Waals surface area contributed by atoms with Gasteiger partial charge in [0.05, 0.1) is 12.2 Å². The van der Waals surface area contributed by atoms with Crippen LogP contribution in [0.5, 0.6) is 0 Å². The topological polar surface area (TPSA) is 67.4 Å². The lowest BCUT2D eigenvalue weighted by molar-refractivity contribution is -0.115. The molecule has 0 spiro atoms. The van der Waals surface area contributed by atoms with Crippen LogP contribution in [-0.2, 0) is 9.53 Å². The molecule has 132 valence electrons. The fourth-order valence-corrected chi connectivity index (χ4v) is 2.43. The van der Waals surface area contributed by atoms with E-state index in [9.17, 15) is 9.59 Å². The number of ether oxygens (including phenoxy) is 1. The van der Waals surface area contributed by atoms with Gasteiger partial charge in [0.15, 0.2) is 0 Å². The van der Waals surface area contributed by atoms with Crippen LogP contribution in [0.3, 0.4) is 0 Å². The van der Waals surface area contributed by atoms with E-state index in [-0.39, 0.29) is 11.9 Å². The van der Waals surface area contributed by atoms with Gasteiger partial charge in [0, 0.05) is 24.3 Å². The number of hydrogen-bond acceptors (Lipinski definition) is 4. The summed E-state index contributed by atoms with van der Waals surface area (Å²) in [7, 11) is 0. The van der Waals surface area contributed by atoms with Crippen molar-refractivity contribution in [3.8, 4) is 0 Å². The van der Waals surface area contributed by atoms with Crippen LogP contribution in [0.2, 0.25) is 0 Å². The molecule has 2 rings (SSSR count). The molecular weight excluding hydrogens is 316 g/mol. The first kappa shape index (κ1) is 18.5. The van der Waals surface area contributed by atoms with Crippen molar-refractivity contribution in [3.05, 3.63) is 59.2 Å². The summed E-state index contributed by atoms with van der Waals surface area (Å²) in [5, 5.41) is 6.09. The lowest BCUT2D eigenvalue weighted by atomic mass is 10.1. The van der Waals surface area contributed by atoms with E-state index < -0.39 is 0 Å². The molecule has 0 radical (unpaired) electrons. The largest absolute Gasteiger partial charge is 0.462 e. The number of amides is 1. The van der Waals surface area contributed by atoms with Crippen molar-refractivity contribution in [2.45, 2.75) is 27.2 Å². The number of hydrogen-bond donors (Lipinski definition) is 2. The van der Waals surface area contributed by atoms with E-state index in [1.165, 1.54) is 5.56 Å². The first-order chi connectivity index (χ1) is 12.0. The molecule has 0 aliphatic carbocycles. The van der Waals surface area contributed by atoms with Crippen LogP contribution < -0.4 is 10.6 Å². The van der Waals surface area contributed by atoms with Crippen molar-refractivity contribution < 1.29 is 14.3 Å². The Labute approximate surface area is 148 Å². The van der Waals surface area contributed by atoms with Crippen LogP contribution in [0.4, 0.5) is 11.4 Å². The van der Waals surface area contributed by atoms with Crippen molar-refractivity contribution in [2.24, 2.45) is 0 Å². The Morgan fingerprint density at radius 3 is 2.40 bits per heavy atom. The third-order valence-electron chi connectivity index (χ3n) is 3.73. The third-order valence-corrected chi connectivity index (χ3v) is 3.73. The Kier molecular flexibility index (Phi) is 6.57. The van der Waals surface area contributed by atoms with E-state index in [1.54, 1.807) is 31.2 Å². The van der Waals surface area contributed by atoms with Gasteiger partial charge < -0.3 is 15.4 Å². The van der Waals surface area contributed by atoms with Gasteiger partial charge in [0.1, 0.15) is 0 Å². The van der Waals surface area contributed by atoms with Crippen molar-refractivity contribution in [1.29, 1.82) is 0 Å². The van der Waals surface area contributed by atoms with E-state index in [4.69, 9.17) is 4.74 Å². The molecule has 0 aliphatic rings. The molecule has 0 heterocycles. The zero-order chi connectivity index (χ0) is 18.2. The summed E-state index contributed by atoms with van der Waals surface area (Å²) in [6.07, 6.45) is 0.354. The van der Waals surface area contributed by atoms with E-state index in [0.717, 1.165) is 16.9 Å². The highest BCUT2D eigenvalue weighted by molar-refractivity contribution is 5.92. The zero-order valence-electron chi connectivity index (χ0n) is 14.9. The van der Waals surface area contributed by atoms with Gasteiger partial charge in [-0.25, -0.2) is 4.79 Å². The first-order valence-corrected chi connectivity index (χ1v) is 8.37. The van der Waals surface area contributed by atoms with Crippen LogP contribution in [-0.4, -0.2) is 25.0 Å². The van der Waals surface area contributed by atoms with Crippen LogP contribution in [0, 0.1) is 13.8 Å². The average Bonchev–Trinajstić information content (AvgIpc) is 2.58. The highest BCUT2D eigenvalue weighted by Crippen LogP contribution is 2.16. The minimum Gasteiger partial charge on any atom is -0.462 e. The van der Waals surface area contributed by atoms with Crippen molar-refractivity contribution >= 4 is 23.3 Å². The van der Waals surface area contributed by atoms with Crippen LogP contribution in [0.25, 0.3) is 0 Å². The van der Waals surface area contributed by atoms with Gasteiger partial charge in [-0.05, 0) is 56.7 Å². The standard InChI is InChI=1S/C20H24N2O3/c1-4-25-20(24)16-6-8-17(9-7-16)21-12-11-19(23)22-18-10-5-14(2)13-15(18)3/h5-10,13,21H,4,11-12H2,1-3H3,(H,22,23). The minimum atomic E-state index is -0.332. The molecule has 0 saturated heterocycles. The highest BCUT2D eigenvalue weighted by atomic mass is 16.5. The Hall–Kier alpha value is -2.82. The van der Waals surface area contributed by atoms with Crippen molar-refractivity contribution in [2.75, 3.05) is 23.8 Å². The van der Waals surface area contributed by atoms with Crippen LogP contribution >= 0.6 is 0 Å². The molecule has 0 unspecified atom stereocenters. The Morgan fingerprint density at radius 1 is 1.04 bits per heavy atom. The predicted molar refractivity (Wildman–Crippen MR) is 100 cm³/mol. The molecule has 0 atom stereocenters. The molecule has 2 aromatic rings. The van der Waals surface area contributed by atoms with E-state index >= 15 is 0 Å². The number of rotatable bonds is 7. The van der Waals surface area contributed by atoms with Gasteiger partial charge in [-0.3, -0.25) is 4.79 Å². The molecule has 2 aromatic carbocycles. The molecule has 0 bridgehead atoms. The number of benzene rings is 2. The van der Waals surface area contributed by atoms with E-state index in [2.05, 4.69) is 10.6 Å². The summed E-state index contributed by atoms with van der Waals surface area (Å²) in [5.74, 6) is -0.371. The number of esters is 1. The fourth-order valence-electron chi connectivity index (χ4n) is 2.43. The number of carbonyl (C=O) groups excluding carboxylic acids is 2. The second-order valence-corrected chi connectivity index (χ2v) is 5.84. The maximum atomic E-state index is 12.0. The summed E-state index contributed by atoms with van der Waals surface area (Å²) in [5.41, 5.74) is 4.43. The predicted octanol–water partition coefficient (Wildman–Crippen LogP) is 3.92. The zero-order valence-corrected chi connectivity index (χ0v) is 14.9. The number of aryl methyl sites for hydroxylation is 2. The summed E-state index contributed by atoms with van der Waals surface area (Å²) < 4.78 is 4.94. The van der Waals surface area contributed by atoms with Gasteiger partial charge in [0.25, 0.3) is 0 Å². The van der Waals surface area contributed by atoms with Crippen molar-refractivity contribution in [1.82, 2.24) is 0 Å². The second-order valence-electron chi connectivity index (χ2n) is 5.84. The minimum absolute atomic E-state index is 0.0393. The van der Waals surface area contributed by atoms with Crippen LogP contribution in [0.1, 0.15) is 34.8 Å². The van der Waals surface area contributed by atoms with Gasteiger partial charge in [-0.1, -0.05) is 17.7 Å².